The van der Waals surface area contributed by atoms with Crippen molar-refractivity contribution in [3.63, 3.8) is 0 Å². The second-order valence-corrected chi connectivity index (χ2v) is 9.08. The van der Waals surface area contributed by atoms with Gasteiger partial charge in [0, 0.05) is 17.7 Å². The van der Waals surface area contributed by atoms with Crippen molar-refractivity contribution in [1.29, 1.82) is 0 Å². The van der Waals surface area contributed by atoms with Crippen molar-refractivity contribution in [1.82, 2.24) is 24.4 Å². The average molecular weight is 420 g/mol. The van der Waals surface area contributed by atoms with Gasteiger partial charge in [0.2, 0.25) is 0 Å². The van der Waals surface area contributed by atoms with Crippen LogP contribution in [0.5, 0.6) is 0 Å². The molecule has 3 heterocycles. The number of likely N-dealkylation sites (tertiary alicyclic amines) is 1. The molecule has 5 nitrogen and oxygen atoms in total. The number of imidazole rings is 2. The van der Waals surface area contributed by atoms with Crippen LogP contribution >= 0.6 is 0 Å². The lowest BCUT2D eigenvalue weighted by Crippen LogP contribution is -2.30. The maximum Gasteiger partial charge on any atom is 0.138 e. The second kappa shape index (κ2) is 8.08. The highest BCUT2D eigenvalue weighted by Crippen LogP contribution is 2.30. The first kappa shape index (κ1) is 20.2. The minimum absolute atomic E-state index is 0.214. The number of hydrogen-bond acceptors (Lipinski definition) is 3. The summed E-state index contributed by atoms with van der Waals surface area (Å²) in [6, 6.07) is 7.45. The fourth-order valence-corrected chi connectivity index (χ4v) is 4.92. The number of nitrogens with one attached hydrogen (secondary N) is 1. The van der Waals surface area contributed by atoms with Crippen molar-refractivity contribution in [2.45, 2.75) is 46.1 Å². The lowest BCUT2D eigenvalue weighted by Gasteiger charge is -2.28. The van der Waals surface area contributed by atoms with E-state index in [0.29, 0.717) is 5.56 Å². The van der Waals surface area contributed by atoms with Crippen LogP contribution in [-0.2, 0) is 6.54 Å². The molecule has 0 amide bonds. The molecular formula is C25H30FN5. The summed E-state index contributed by atoms with van der Waals surface area (Å²) in [7, 11) is 2.22. The smallest absolute Gasteiger partial charge is 0.138 e. The summed E-state index contributed by atoms with van der Waals surface area (Å²) in [5.41, 5.74) is 6.44. The molecule has 0 saturated carbocycles. The molecule has 0 atom stereocenters. The van der Waals surface area contributed by atoms with E-state index in [4.69, 9.17) is 9.97 Å². The fourth-order valence-electron chi connectivity index (χ4n) is 4.92. The molecule has 2 aromatic carbocycles. The number of H-pyrrole nitrogens is 1. The van der Waals surface area contributed by atoms with Crippen molar-refractivity contribution in [3.8, 4) is 11.4 Å². The Bertz CT molecular complexity index is 1230. The molecule has 0 radical (unpaired) electrons. The highest BCUT2D eigenvalue weighted by atomic mass is 19.1. The van der Waals surface area contributed by atoms with Crippen molar-refractivity contribution in [2.75, 3.05) is 20.1 Å². The minimum atomic E-state index is -0.214. The third kappa shape index (κ3) is 3.74. The van der Waals surface area contributed by atoms with Crippen molar-refractivity contribution >= 4 is 22.1 Å². The molecule has 162 valence electrons. The summed E-state index contributed by atoms with van der Waals surface area (Å²) in [4.78, 5) is 15.2. The van der Waals surface area contributed by atoms with E-state index in [-0.39, 0.29) is 5.82 Å². The molecule has 4 aromatic rings. The predicted molar refractivity (Wildman–Crippen MR) is 124 cm³/mol. The molecule has 1 N–H and O–H groups in total. The van der Waals surface area contributed by atoms with Crippen LogP contribution in [0.25, 0.3) is 33.5 Å². The molecule has 6 heteroatoms. The number of piperidine rings is 1. The Morgan fingerprint density at radius 3 is 2.71 bits per heavy atom. The van der Waals surface area contributed by atoms with Crippen LogP contribution in [-0.4, -0.2) is 44.6 Å². The molecule has 1 aliphatic heterocycles. The predicted octanol–water partition coefficient (Wildman–Crippen LogP) is 5.46. The van der Waals surface area contributed by atoms with Gasteiger partial charge < -0.3 is 14.5 Å². The SMILES string of the molecule is Cc1c(-c2nc3ccc(F)c(C)c3[nH]2)ccc2c1ncn2CCCC1CCN(C)CC1. The average Bonchev–Trinajstić information content (AvgIpc) is 3.38. The Hall–Kier alpha value is -2.73. The normalized spacial score (nSPS) is 16.0. The largest absolute Gasteiger partial charge is 0.338 e. The van der Waals surface area contributed by atoms with E-state index in [1.54, 1.807) is 13.0 Å². The van der Waals surface area contributed by atoms with Gasteiger partial charge in [-0.15, -0.1) is 0 Å². The molecule has 1 aliphatic rings. The Labute approximate surface area is 182 Å². The van der Waals surface area contributed by atoms with Crippen LogP contribution in [0.2, 0.25) is 0 Å². The number of benzene rings is 2. The highest BCUT2D eigenvalue weighted by molar-refractivity contribution is 5.88. The van der Waals surface area contributed by atoms with Crippen LogP contribution in [0.15, 0.2) is 30.6 Å². The highest BCUT2D eigenvalue weighted by Gasteiger charge is 2.17. The molecule has 1 saturated heterocycles. The number of rotatable bonds is 5. The molecule has 1 fully saturated rings. The zero-order chi connectivity index (χ0) is 21.5. The molecule has 0 aliphatic carbocycles. The molecule has 31 heavy (non-hydrogen) atoms. The fraction of sp³-hybridized carbons (Fsp3) is 0.440. The summed E-state index contributed by atoms with van der Waals surface area (Å²) >= 11 is 0. The van der Waals surface area contributed by atoms with E-state index in [2.05, 4.69) is 40.6 Å². The standard InChI is InChI=1S/C25H30FN5/c1-16-19(25-28-21-8-7-20(26)17(2)23(21)29-25)6-9-22-24(16)27-15-31(22)12-4-5-18-10-13-30(3)14-11-18/h6-9,15,18H,4-5,10-14H2,1-3H3,(H,28,29). The monoisotopic (exact) mass is 419 g/mol. The van der Waals surface area contributed by atoms with Gasteiger partial charge in [-0.2, -0.15) is 0 Å². The number of fused-ring (bicyclic) bond motifs is 2. The van der Waals surface area contributed by atoms with E-state index < -0.39 is 0 Å². The first-order valence-corrected chi connectivity index (χ1v) is 11.3. The summed E-state index contributed by atoms with van der Waals surface area (Å²) < 4.78 is 16.2. The lowest BCUT2D eigenvalue weighted by atomic mass is 9.92. The maximum absolute atomic E-state index is 13.9. The van der Waals surface area contributed by atoms with Crippen LogP contribution in [0, 0.1) is 25.6 Å². The van der Waals surface area contributed by atoms with E-state index in [1.807, 2.05) is 6.33 Å². The van der Waals surface area contributed by atoms with Gasteiger partial charge in [-0.05, 0) is 95.4 Å². The molecule has 0 unspecified atom stereocenters. The Kier molecular flexibility index (Phi) is 5.26. The van der Waals surface area contributed by atoms with Crippen LogP contribution in [0.1, 0.15) is 36.8 Å². The Balaban J connectivity index is 1.37. The van der Waals surface area contributed by atoms with E-state index in [1.165, 1.54) is 50.4 Å². The molecule has 5 rings (SSSR count). The van der Waals surface area contributed by atoms with Gasteiger partial charge in [0.15, 0.2) is 0 Å². The van der Waals surface area contributed by atoms with Gasteiger partial charge in [0.25, 0.3) is 0 Å². The molecular weight excluding hydrogens is 389 g/mol. The number of halogens is 1. The number of aryl methyl sites for hydroxylation is 3. The summed E-state index contributed by atoms with van der Waals surface area (Å²) in [5.74, 6) is 1.41. The van der Waals surface area contributed by atoms with E-state index in [9.17, 15) is 4.39 Å². The number of hydrogen-bond donors (Lipinski definition) is 1. The van der Waals surface area contributed by atoms with E-state index in [0.717, 1.165) is 46.0 Å². The second-order valence-electron chi connectivity index (χ2n) is 9.08. The zero-order valence-electron chi connectivity index (χ0n) is 18.6. The minimum Gasteiger partial charge on any atom is -0.338 e. The van der Waals surface area contributed by atoms with Gasteiger partial charge in [0.05, 0.1) is 28.4 Å². The van der Waals surface area contributed by atoms with Crippen molar-refractivity contribution in [2.24, 2.45) is 5.92 Å². The van der Waals surface area contributed by atoms with Crippen molar-refractivity contribution in [3.05, 3.63) is 47.5 Å². The number of nitrogens with zero attached hydrogens (tertiary/aromatic N) is 4. The van der Waals surface area contributed by atoms with Gasteiger partial charge in [-0.25, -0.2) is 14.4 Å². The van der Waals surface area contributed by atoms with Gasteiger partial charge >= 0.3 is 0 Å². The third-order valence-electron chi connectivity index (χ3n) is 7.00. The molecule has 0 spiro atoms. The van der Waals surface area contributed by atoms with Crippen LogP contribution in [0.3, 0.4) is 0 Å². The van der Waals surface area contributed by atoms with Crippen LogP contribution in [0.4, 0.5) is 4.39 Å². The first-order valence-electron chi connectivity index (χ1n) is 11.3. The lowest BCUT2D eigenvalue weighted by molar-refractivity contribution is 0.209. The summed E-state index contributed by atoms with van der Waals surface area (Å²) in [6.07, 6.45) is 7.10. The quantitative estimate of drug-likeness (QED) is 0.467. The Morgan fingerprint density at radius 2 is 1.90 bits per heavy atom. The third-order valence-corrected chi connectivity index (χ3v) is 7.00. The van der Waals surface area contributed by atoms with Crippen molar-refractivity contribution < 1.29 is 4.39 Å². The zero-order valence-corrected chi connectivity index (χ0v) is 18.6. The van der Waals surface area contributed by atoms with Gasteiger partial charge in [-0.1, -0.05) is 0 Å². The van der Waals surface area contributed by atoms with Crippen LogP contribution < -0.4 is 0 Å². The topological polar surface area (TPSA) is 49.7 Å². The Morgan fingerprint density at radius 1 is 1.10 bits per heavy atom. The first-order chi connectivity index (χ1) is 15.0. The number of aromatic amines is 1. The molecule has 2 aromatic heterocycles. The van der Waals surface area contributed by atoms with Gasteiger partial charge in [0.1, 0.15) is 11.6 Å². The van der Waals surface area contributed by atoms with Gasteiger partial charge in [-0.3, -0.25) is 0 Å². The summed E-state index contributed by atoms with van der Waals surface area (Å²) in [6.45, 7) is 7.34. The maximum atomic E-state index is 13.9. The number of aromatic nitrogens is 4. The van der Waals surface area contributed by atoms with E-state index >= 15 is 0 Å². The molecule has 0 bridgehead atoms. The summed E-state index contributed by atoms with van der Waals surface area (Å²) in [5, 5.41) is 0.